The lowest BCUT2D eigenvalue weighted by Crippen LogP contribution is -2.13. The van der Waals surface area contributed by atoms with Gasteiger partial charge in [-0.25, -0.2) is 4.98 Å². The van der Waals surface area contributed by atoms with E-state index in [0.29, 0.717) is 44.4 Å². The van der Waals surface area contributed by atoms with E-state index in [1.165, 1.54) is 0 Å². The number of hydrogen-bond acceptors (Lipinski definition) is 4. The molecule has 162 valence electrons. The van der Waals surface area contributed by atoms with Crippen LogP contribution in [0.25, 0.3) is 22.2 Å². The molecule has 8 heteroatoms. The molecule has 0 aliphatic rings. The second-order valence-electron chi connectivity index (χ2n) is 7.46. The van der Waals surface area contributed by atoms with Crippen LogP contribution in [-0.4, -0.2) is 25.7 Å². The number of nitrogens with one attached hydrogen (secondary N) is 1. The smallest absolute Gasteiger partial charge is 0.256 e. The number of hydrogen-bond donors (Lipinski definition) is 1. The Kier molecular flexibility index (Phi) is 5.77. The Labute approximate surface area is 199 Å². The molecule has 0 spiro atoms. The zero-order valence-corrected chi connectivity index (χ0v) is 18.8. The van der Waals surface area contributed by atoms with Crippen LogP contribution in [0.5, 0.6) is 0 Å². The molecule has 0 aliphatic carbocycles. The van der Waals surface area contributed by atoms with Crippen LogP contribution in [0.15, 0.2) is 85.5 Å². The molecule has 3 aromatic heterocycles. The second-order valence-corrected chi connectivity index (χ2v) is 8.33. The first kappa shape index (κ1) is 21.1. The number of carbonyl (C=O) groups excluding carboxylic acids is 1. The average molecular weight is 474 g/mol. The van der Waals surface area contributed by atoms with Gasteiger partial charge >= 0.3 is 0 Å². The first-order valence-corrected chi connectivity index (χ1v) is 10.9. The summed E-state index contributed by atoms with van der Waals surface area (Å²) < 4.78 is 1.75. The van der Waals surface area contributed by atoms with Crippen molar-refractivity contribution >= 4 is 45.7 Å². The minimum Gasteiger partial charge on any atom is -0.319 e. The van der Waals surface area contributed by atoms with E-state index >= 15 is 0 Å². The van der Waals surface area contributed by atoms with Gasteiger partial charge in [-0.1, -0.05) is 35.3 Å². The van der Waals surface area contributed by atoms with Crippen molar-refractivity contribution in [2.24, 2.45) is 0 Å². The summed E-state index contributed by atoms with van der Waals surface area (Å²) in [6, 6.07) is 18.3. The fourth-order valence-corrected chi connectivity index (χ4v) is 3.84. The maximum absolute atomic E-state index is 13.3. The molecule has 5 aromatic rings. The van der Waals surface area contributed by atoms with E-state index in [4.69, 9.17) is 28.2 Å². The minimum absolute atomic E-state index is 0.272. The van der Waals surface area contributed by atoms with Crippen molar-refractivity contribution in [3.8, 4) is 11.3 Å². The van der Waals surface area contributed by atoms with Gasteiger partial charge in [-0.05, 0) is 54.1 Å². The lowest BCUT2D eigenvalue weighted by atomic mass is 10.0. The highest BCUT2D eigenvalue weighted by atomic mass is 35.5. The molecule has 0 atom stereocenters. The quantitative estimate of drug-likeness (QED) is 0.334. The van der Waals surface area contributed by atoms with Crippen LogP contribution in [0.1, 0.15) is 15.9 Å². The van der Waals surface area contributed by atoms with E-state index in [2.05, 4.69) is 15.4 Å². The SMILES string of the molecule is O=C(Nc1cnn(Cc2ccc(Cl)cc2)c1)c1cc(-c2ccncc2)nc2ccc(Cl)cc12. The largest absolute Gasteiger partial charge is 0.319 e. The molecule has 0 fully saturated rings. The fourth-order valence-electron chi connectivity index (χ4n) is 3.55. The maximum Gasteiger partial charge on any atom is 0.256 e. The van der Waals surface area contributed by atoms with Gasteiger partial charge in [0.15, 0.2) is 0 Å². The van der Waals surface area contributed by atoms with E-state index < -0.39 is 0 Å². The van der Waals surface area contributed by atoms with Crippen molar-refractivity contribution in [2.45, 2.75) is 6.54 Å². The van der Waals surface area contributed by atoms with E-state index in [-0.39, 0.29) is 5.91 Å². The van der Waals surface area contributed by atoms with Crippen molar-refractivity contribution in [3.05, 3.63) is 107 Å². The zero-order valence-electron chi connectivity index (χ0n) is 17.2. The van der Waals surface area contributed by atoms with Crippen LogP contribution in [0.2, 0.25) is 10.0 Å². The van der Waals surface area contributed by atoms with Gasteiger partial charge in [0.25, 0.3) is 5.91 Å². The molecule has 5 rings (SSSR count). The van der Waals surface area contributed by atoms with Gasteiger partial charge in [0, 0.05) is 39.6 Å². The van der Waals surface area contributed by atoms with Crippen molar-refractivity contribution in [3.63, 3.8) is 0 Å². The molecular weight excluding hydrogens is 457 g/mol. The molecule has 0 saturated carbocycles. The van der Waals surface area contributed by atoms with E-state index in [1.54, 1.807) is 47.7 Å². The molecule has 3 heterocycles. The molecule has 1 N–H and O–H groups in total. The number of amides is 1. The molecule has 2 aromatic carbocycles. The first-order chi connectivity index (χ1) is 16.0. The summed E-state index contributed by atoms with van der Waals surface area (Å²) in [4.78, 5) is 22.0. The van der Waals surface area contributed by atoms with E-state index in [1.807, 2.05) is 42.5 Å². The number of fused-ring (bicyclic) bond motifs is 1. The predicted molar refractivity (Wildman–Crippen MR) is 131 cm³/mol. The molecule has 33 heavy (non-hydrogen) atoms. The van der Waals surface area contributed by atoms with Gasteiger partial charge in [-0.3, -0.25) is 14.5 Å². The Morgan fingerprint density at radius 2 is 1.70 bits per heavy atom. The second kappa shape index (κ2) is 9.02. The summed E-state index contributed by atoms with van der Waals surface area (Å²) in [7, 11) is 0. The van der Waals surface area contributed by atoms with Crippen LogP contribution in [0, 0.1) is 0 Å². The number of rotatable bonds is 5. The van der Waals surface area contributed by atoms with Gasteiger partial charge in [-0.2, -0.15) is 5.10 Å². The highest BCUT2D eigenvalue weighted by Gasteiger charge is 2.16. The molecule has 6 nitrogen and oxygen atoms in total. The fraction of sp³-hybridized carbons (Fsp3) is 0.0400. The number of carbonyl (C=O) groups is 1. The number of pyridine rings is 2. The minimum atomic E-state index is -0.272. The van der Waals surface area contributed by atoms with Gasteiger partial charge < -0.3 is 5.32 Å². The molecule has 0 aliphatic heterocycles. The monoisotopic (exact) mass is 473 g/mol. The number of anilines is 1. The van der Waals surface area contributed by atoms with Crippen LogP contribution in [0.3, 0.4) is 0 Å². The summed E-state index contributed by atoms with van der Waals surface area (Å²) in [6.07, 6.45) is 6.79. The lowest BCUT2D eigenvalue weighted by molar-refractivity contribution is 0.102. The van der Waals surface area contributed by atoms with Crippen LogP contribution in [-0.2, 0) is 6.54 Å². The Morgan fingerprint density at radius 3 is 2.48 bits per heavy atom. The Balaban J connectivity index is 1.45. The summed E-state index contributed by atoms with van der Waals surface area (Å²) >= 11 is 12.2. The normalized spacial score (nSPS) is 11.0. The average Bonchev–Trinajstić information content (AvgIpc) is 3.27. The molecule has 0 saturated heterocycles. The van der Waals surface area contributed by atoms with Crippen molar-refractivity contribution in [1.82, 2.24) is 19.7 Å². The molecular formula is C25H17Cl2N5O. The van der Waals surface area contributed by atoms with Crippen molar-refractivity contribution < 1.29 is 4.79 Å². The van der Waals surface area contributed by atoms with E-state index in [0.717, 1.165) is 11.1 Å². The van der Waals surface area contributed by atoms with Crippen molar-refractivity contribution in [2.75, 3.05) is 5.32 Å². The van der Waals surface area contributed by atoms with Crippen LogP contribution in [0.4, 0.5) is 5.69 Å². The summed E-state index contributed by atoms with van der Waals surface area (Å²) in [6.45, 7) is 0.563. The highest BCUT2D eigenvalue weighted by molar-refractivity contribution is 6.31. The third kappa shape index (κ3) is 4.72. The number of nitrogens with zero attached hydrogens (tertiary/aromatic N) is 4. The Bertz CT molecular complexity index is 1450. The van der Waals surface area contributed by atoms with Crippen LogP contribution >= 0.6 is 23.2 Å². The maximum atomic E-state index is 13.3. The first-order valence-electron chi connectivity index (χ1n) is 10.1. The standard InChI is InChI=1S/C25H17Cl2N5O/c26-18-3-1-16(2-4-18)14-32-15-20(13-29-32)30-25(33)22-12-24(17-7-9-28-10-8-17)31-23-6-5-19(27)11-21(22)23/h1-13,15H,14H2,(H,30,33). The third-order valence-corrected chi connectivity index (χ3v) is 5.63. The van der Waals surface area contributed by atoms with Crippen LogP contribution < -0.4 is 5.32 Å². The number of halogens is 2. The number of benzene rings is 2. The molecule has 0 unspecified atom stereocenters. The summed E-state index contributed by atoms with van der Waals surface area (Å²) in [5.41, 5.74) is 4.34. The summed E-state index contributed by atoms with van der Waals surface area (Å²) in [5.74, 6) is -0.272. The molecule has 1 amide bonds. The topological polar surface area (TPSA) is 72.7 Å². The Hall–Kier alpha value is -3.74. The molecule has 0 radical (unpaired) electrons. The van der Waals surface area contributed by atoms with E-state index in [9.17, 15) is 4.79 Å². The van der Waals surface area contributed by atoms with Gasteiger partial charge in [0.2, 0.25) is 0 Å². The van der Waals surface area contributed by atoms with Gasteiger partial charge in [-0.15, -0.1) is 0 Å². The highest BCUT2D eigenvalue weighted by Crippen LogP contribution is 2.27. The lowest BCUT2D eigenvalue weighted by Gasteiger charge is -2.10. The Morgan fingerprint density at radius 1 is 0.939 bits per heavy atom. The van der Waals surface area contributed by atoms with Crippen molar-refractivity contribution in [1.29, 1.82) is 0 Å². The molecule has 0 bridgehead atoms. The summed E-state index contributed by atoms with van der Waals surface area (Å²) in [5, 5.41) is 9.18. The third-order valence-electron chi connectivity index (χ3n) is 5.14. The van der Waals surface area contributed by atoms with Gasteiger partial charge in [0.05, 0.1) is 35.2 Å². The number of aromatic nitrogens is 4. The predicted octanol–water partition coefficient (Wildman–Crippen LogP) is 6.10. The zero-order chi connectivity index (χ0) is 22.8. The van der Waals surface area contributed by atoms with Gasteiger partial charge in [0.1, 0.15) is 0 Å².